The van der Waals surface area contributed by atoms with Gasteiger partial charge in [0.2, 0.25) is 0 Å². The Kier molecular flexibility index (Phi) is 5.18. The second-order valence-electron chi connectivity index (χ2n) is 7.09. The van der Waals surface area contributed by atoms with Gasteiger partial charge in [-0.05, 0) is 61.6 Å². The first-order chi connectivity index (χ1) is 14.4. The Balaban J connectivity index is 1.43. The summed E-state index contributed by atoms with van der Waals surface area (Å²) in [5.74, 6) is -2.24. The molecule has 0 aliphatic heterocycles. The number of hydrogen-bond donors (Lipinski definition) is 2. The lowest BCUT2D eigenvalue weighted by molar-refractivity contribution is -0.384. The highest BCUT2D eigenvalue weighted by atomic mass is 19.1. The van der Waals surface area contributed by atoms with Gasteiger partial charge in [-0.1, -0.05) is 0 Å². The minimum absolute atomic E-state index is 0.178. The van der Waals surface area contributed by atoms with Crippen molar-refractivity contribution >= 4 is 34.2 Å². The molecule has 2 aromatic carbocycles. The average molecular weight is 411 g/mol. The monoisotopic (exact) mass is 411 g/mol. The number of carbonyl (C=O) groups is 2. The number of hydrogen-bond acceptors (Lipinski definition) is 5. The first-order valence-corrected chi connectivity index (χ1v) is 9.47. The van der Waals surface area contributed by atoms with E-state index in [1.165, 1.54) is 11.3 Å². The van der Waals surface area contributed by atoms with Crippen molar-refractivity contribution < 1.29 is 23.6 Å². The number of aromatic amines is 1. The number of halogens is 1. The third kappa shape index (κ3) is 3.86. The Morgan fingerprint density at radius 2 is 1.97 bits per heavy atom. The maximum Gasteiger partial charge on any atom is 0.338 e. The molecule has 0 fully saturated rings. The minimum Gasteiger partial charge on any atom is -0.452 e. The molecular formula is C21H18FN3O5. The zero-order valence-electron chi connectivity index (χ0n) is 15.9. The number of aryl methyl sites for hydroxylation is 2. The number of esters is 1. The normalized spacial score (nSPS) is 13.0. The van der Waals surface area contributed by atoms with Gasteiger partial charge in [-0.3, -0.25) is 14.9 Å². The number of ether oxygens (including phenoxy) is 1. The number of nitro groups is 1. The van der Waals surface area contributed by atoms with E-state index in [0.29, 0.717) is 11.6 Å². The van der Waals surface area contributed by atoms with E-state index < -0.39 is 34.9 Å². The van der Waals surface area contributed by atoms with Crippen LogP contribution in [0, 0.1) is 15.9 Å². The van der Waals surface area contributed by atoms with E-state index in [9.17, 15) is 24.1 Å². The molecule has 0 saturated heterocycles. The molecule has 0 saturated carbocycles. The van der Waals surface area contributed by atoms with Crippen LogP contribution in [-0.4, -0.2) is 28.4 Å². The van der Waals surface area contributed by atoms with Crippen molar-refractivity contribution in [2.75, 3.05) is 11.9 Å². The zero-order chi connectivity index (χ0) is 21.3. The number of H-pyrrole nitrogens is 1. The van der Waals surface area contributed by atoms with Crippen LogP contribution in [0.3, 0.4) is 0 Å². The number of nitrogens with zero attached hydrogens (tertiary/aromatic N) is 1. The maximum atomic E-state index is 13.2. The molecule has 1 aliphatic rings. The number of nitro benzene ring substituents is 1. The summed E-state index contributed by atoms with van der Waals surface area (Å²) in [6.07, 6.45) is 4.17. The second kappa shape index (κ2) is 7.94. The Morgan fingerprint density at radius 1 is 1.17 bits per heavy atom. The van der Waals surface area contributed by atoms with Crippen LogP contribution in [-0.2, 0) is 22.4 Å². The van der Waals surface area contributed by atoms with Crippen LogP contribution in [0.15, 0.2) is 36.4 Å². The van der Waals surface area contributed by atoms with Gasteiger partial charge in [0.1, 0.15) is 11.5 Å². The Bertz CT molecular complexity index is 1170. The highest BCUT2D eigenvalue weighted by molar-refractivity contribution is 5.99. The van der Waals surface area contributed by atoms with Crippen LogP contribution in [0.25, 0.3) is 10.9 Å². The Labute approximate surface area is 170 Å². The molecule has 0 bridgehead atoms. The third-order valence-electron chi connectivity index (χ3n) is 5.10. The van der Waals surface area contributed by atoms with Gasteiger partial charge in [-0.2, -0.15) is 0 Å². The van der Waals surface area contributed by atoms with Gasteiger partial charge in [0.05, 0.1) is 16.6 Å². The highest BCUT2D eigenvalue weighted by Crippen LogP contribution is 2.30. The molecule has 0 unspecified atom stereocenters. The standard InChI is InChI=1S/C21H18FN3O5/c22-13-6-8-18(19(10-13)25(28)29)24-20(26)11-30-21(27)12-5-7-17-15(9-12)14-3-1-2-4-16(14)23-17/h5-10,23H,1-4,11H2,(H,24,26). The average Bonchev–Trinajstić information content (AvgIpc) is 3.11. The third-order valence-corrected chi connectivity index (χ3v) is 5.10. The SMILES string of the molecule is O=C(COC(=O)c1ccc2[nH]c3c(c2c1)CCCC3)Nc1ccc(F)cc1[N+](=O)[O-]. The largest absolute Gasteiger partial charge is 0.452 e. The predicted octanol–water partition coefficient (Wildman–Crippen LogP) is 3.89. The lowest BCUT2D eigenvalue weighted by Gasteiger charge is -2.10. The fourth-order valence-electron chi connectivity index (χ4n) is 3.70. The first kappa shape index (κ1) is 19.6. The van der Waals surface area contributed by atoms with Crippen molar-refractivity contribution in [2.24, 2.45) is 0 Å². The van der Waals surface area contributed by atoms with E-state index in [2.05, 4.69) is 10.3 Å². The number of benzene rings is 2. The Hall–Kier alpha value is -3.75. The van der Waals surface area contributed by atoms with Gasteiger partial charge >= 0.3 is 5.97 Å². The summed E-state index contributed by atoms with van der Waals surface area (Å²) in [6, 6.07) is 7.95. The molecule has 1 aliphatic carbocycles. The molecule has 154 valence electrons. The van der Waals surface area contributed by atoms with Crippen molar-refractivity contribution in [1.82, 2.24) is 4.98 Å². The zero-order valence-corrected chi connectivity index (χ0v) is 15.9. The number of amides is 1. The van der Waals surface area contributed by atoms with E-state index in [4.69, 9.17) is 4.74 Å². The molecule has 1 heterocycles. The van der Waals surface area contributed by atoms with Crippen molar-refractivity contribution in [2.45, 2.75) is 25.7 Å². The predicted molar refractivity (Wildman–Crippen MR) is 107 cm³/mol. The van der Waals surface area contributed by atoms with Gasteiger partial charge in [-0.15, -0.1) is 0 Å². The quantitative estimate of drug-likeness (QED) is 0.376. The van der Waals surface area contributed by atoms with E-state index in [0.717, 1.165) is 48.7 Å². The summed E-state index contributed by atoms with van der Waals surface area (Å²) in [7, 11) is 0. The number of anilines is 1. The van der Waals surface area contributed by atoms with E-state index >= 15 is 0 Å². The molecule has 1 aromatic heterocycles. The smallest absolute Gasteiger partial charge is 0.338 e. The van der Waals surface area contributed by atoms with Crippen molar-refractivity contribution in [3.8, 4) is 0 Å². The van der Waals surface area contributed by atoms with E-state index in [1.54, 1.807) is 12.1 Å². The number of rotatable bonds is 5. The topological polar surface area (TPSA) is 114 Å². The van der Waals surface area contributed by atoms with E-state index in [1.807, 2.05) is 6.07 Å². The van der Waals surface area contributed by atoms with Crippen LogP contribution in [0.2, 0.25) is 0 Å². The number of aromatic nitrogens is 1. The fourth-order valence-corrected chi connectivity index (χ4v) is 3.70. The molecule has 0 radical (unpaired) electrons. The molecule has 8 nitrogen and oxygen atoms in total. The van der Waals surface area contributed by atoms with Crippen LogP contribution in [0.5, 0.6) is 0 Å². The molecule has 0 atom stereocenters. The summed E-state index contributed by atoms with van der Waals surface area (Å²) < 4.78 is 18.2. The summed E-state index contributed by atoms with van der Waals surface area (Å²) in [5.41, 5.74) is 2.92. The first-order valence-electron chi connectivity index (χ1n) is 9.47. The van der Waals surface area contributed by atoms with Crippen molar-refractivity contribution in [3.63, 3.8) is 0 Å². The summed E-state index contributed by atoms with van der Waals surface area (Å²) in [4.78, 5) is 38.0. The van der Waals surface area contributed by atoms with Crippen molar-refractivity contribution in [1.29, 1.82) is 0 Å². The highest BCUT2D eigenvalue weighted by Gasteiger charge is 2.20. The van der Waals surface area contributed by atoms with Gasteiger partial charge in [-0.25, -0.2) is 9.18 Å². The Morgan fingerprint density at radius 3 is 2.77 bits per heavy atom. The van der Waals surface area contributed by atoms with Crippen LogP contribution < -0.4 is 5.32 Å². The van der Waals surface area contributed by atoms with E-state index in [-0.39, 0.29) is 5.69 Å². The van der Waals surface area contributed by atoms with Gasteiger partial charge in [0.15, 0.2) is 6.61 Å². The molecule has 2 N–H and O–H groups in total. The molecule has 1 amide bonds. The van der Waals surface area contributed by atoms with Gasteiger partial charge < -0.3 is 15.0 Å². The van der Waals surface area contributed by atoms with Crippen LogP contribution >= 0.6 is 0 Å². The van der Waals surface area contributed by atoms with Crippen molar-refractivity contribution in [3.05, 3.63) is 69.2 Å². The number of nitrogens with one attached hydrogen (secondary N) is 2. The maximum absolute atomic E-state index is 13.2. The molecule has 30 heavy (non-hydrogen) atoms. The van der Waals surface area contributed by atoms with Crippen LogP contribution in [0.1, 0.15) is 34.5 Å². The molecule has 9 heteroatoms. The molecule has 3 aromatic rings. The summed E-state index contributed by atoms with van der Waals surface area (Å²) >= 11 is 0. The number of fused-ring (bicyclic) bond motifs is 3. The molecular weight excluding hydrogens is 393 g/mol. The summed E-state index contributed by atoms with van der Waals surface area (Å²) in [5, 5.41) is 14.2. The van der Waals surface area contributed by atoms with Gasteiger partial charge in [0.25, 0.3) is 11.6 Å². The second-order valence-corrected chi connectivity index (χ2v) is 7.09. The van der Waals surface area contributed by atoms with Gasteiger partial charge in [0, 0.05) is 16.6 Å². The lowest BCUT2D eigenvalue weighted by Crippen LogP contribution is -2.21. The minimum atomic E-state index is -0.808. The lowest BCUT2D eigenvalue weighted by atomic mass is 9.95. The number of carbonyl (C=O) groups excluding carboxylic acids is 2. The molecule has 4 rings (SSSR count). The molecule has 0 spiro atoms. The van der Waals surface area contributed by atoms with Crippen LogP contribution in [0.4, 0.5) is 15.8 Å². The fraction of sp³-hybridized carbons (Fsp3) is 0.238. The summed E-state index contributed by atoms with van der Waals surface area (Å²) in [6.45, 7) is -0.628.